The number of anilines is 2. The zero-order valence-electron chi connectivity index (χ0n) is 24.3. The third-order valence-electron chi connectivity index (χ3n) is 7.52. The molecular weight excluding hydrogens is 572 g/mol. The summed E-state index contributed by atoms with van der Waals surface area (Å²) in [6, 6.07) is 11.4. The minimum absolute atomic E-state index is 0.00421. The molecule has 0 saturated carbocycles. The molecule has 2 atom stereocenters. The number of carbonyl (C=O) groups is 1. The molecule has 3 N–H and O–H groups in total. The van der Waals surface area contributed by atoms with Gasteiger partial charge in [-0.25, -0.2) is 23.1 Å². The van der Waals surface area contributed by atoms with E-state index in [0.717, 1.165) is 36.0 Å². The van der Waals surface area contributed by atoms with E-state index in [2.05, 4.69) is 23.2 Å². The number of rotatable bonds is 8. The lowest BCUT2D eigenvalue weighted by molar-refractivity contribution is -0.119. The summed E-state index contributed by atoms with van der Waals surface area (Å²) in [6.45, 7) is 2.46. The van der Waals surface area contributed by atoms with Gasteiger partial charge < -0.3 is 9.47 Å². The lowest BCUT2D eigenvalue weighted by atomic mass is 9.91. The fraction of sp³-hybridized carbons (Fsp3) is 0.312. The SMILES string of the molecule is C[C@@H](CC(=O)N(Cc1nccn1C)c1ccc2c(c1)CCCC2)C1=CCC=C(F)C=C1.NS(=O)N(O)c1cccc(F)c1. The van der Waals surface area contributed by atoms with Gasteiger partial charge in [-0.3, -0.25) is 10.0 Å². The Balaban J connectivity index is 0.000000296. The highest BCUT2D eigenvalue weighted by Crippen LogP contribution is 2.29. The van der Waals surface area contributed by atoms with Gasteiger partial charge in [-0.1, -0.05) is 31.2 Å². The van der Waals surface area contributed by atoms with Crippen molar-refractivity contribution >= 4 is 28.5 Å². The van der Waals surface area contributed by atoms with Crippen LogP contribution in [0, 0.1) is 11.7 Å². The van der Waals surface area contributed by atoms with Gasteiger partial charge in [0.1, 0.15) is 17.5 Å². The number of amides is 1. The summed E-state index contributed by atoms with van der Waals surface area (Å²) in [7, 11) is 1.95. The highest BCUT2D eigenvalue weighted by Gasteiger charge is 2.23. The summed E-state index contributed by atoms with van der Waals surface area (Å²) in [4.78, 5) is 19.8. The van der Waals surface area contributed by atoms with Crippen LogP contribution < -0.4 is 14.5 Å². The molecule has 2 aliphatic rings. The molecule has 2 aliphatic carbocycles. The number of hydrogen-bond donors (Lipinski definition) is 2. The highest BCUT2D eigenvalue weighted by molar-refractivity contribution is 7.83. The van der Waals surface area contributed by atoms with E-state index in [1.54, 1.807) is 18.3 Å². The van der Waals surface area contributed by atoms with Crippen molar-refractivity contribution in [3.8, 4) is 0 Å². The molecule has 2 aromatic carbocycles. The summed E-state index contributed by atoms with van der Waals surface area (Å²) in [6.07, 6.45) is 16.0. The molecule has 0 aliphatic heterocycles. The Morgan fingerprint density at radius 3 is 2.56 bits per heavy atom. The summed E-state index contributed by atoms with van der Waals surface area (Å²) < 4.78 is 38.8. The Hall–Kier alpha value is -3.93. The van der Waals surface area contributed by atoms with Crippen LogP contribution in [0.15, 0.2) is 90.6 Å². The van der Waals surface area contributed by atoms with E-state index < -0.39 is 17.0 Å². The zero-order chi connectivity index (χ0) is 30.9. The number of nitrogens with two attached hydrogens (primary N) is 1. The minimum atomic E-state index is -2.05. The number of allylic oxidation sites excluding steroid dienone is 6. The number of imidazole rings is 1. The van der Waals surface area contributed by atoms with E-state index in [9.17, 15) is 17.8 Å². The smallest absolute Gasteiger partial charge is 0.228 e. The van der Waals surface area contributed by atoms with Gasteiger partial charge in [0.25, 0.3) is 0 Å². The van der Waals surface area contributed by atoms with Gasteiger partial charge in [-0.15, -0.1) is 0 Å². The Morgan fingerprint density at radius 2 is 1.86 bits per heavy atom. The second-order valence-corrected chi connectivity index (χ2v) is 11.5. The van der Waals surface area contributed by atoms with Crippen LogP contribution in [0.3, 0.4) is 0 Å². The standard InChI is InChI=1S/C26H30FN3O.C6H7FN2O2S/c1-19(20-8-5-9-23(27)12-10-20)16-26(31)30(18-25-28-14-15-29(25)2)24-13-11-21-6-3-4-7-22(21)17-24;7-5-2-1-3-6(4-5)9(10)12(8)11/h8-15,17,19H,3-7,16,18H2,1-2H3;1-4,10H,8H2/t19-;/m0./s1. The minimum Gasteiger partial charge on any atom is -0.337 e. The number of aryl methyl sites for hydroxylation is 3. The molecule has 11 heteroatoms. The van der Waals surface area contributed by atoms with Gasteiger partial charge in [-0.05, 0) is 91.1 Å². The normalized spacial score (nSPS) is 15.6. The van der Waals surface area contributed by atoms with E-state index in [1.165, 1.54) is 48.2 Å². The predicted molar refractivity (Wildman–Crippen MR) is 165 cm³/mol. The number of benzene rings is 2. The largest absolute Gasteiger partial charge is 0.337 e. The molecule has 43 heavy (non-hydrogen) atoms. The van der Waals surface area contributed by atoms with Crippen LogP contribution in [-0.4, -0.2) is 24.9 Å². The number of aromatic nitrogens is 2. The van der Waals surface area contributed by atoms with Crippen molar-refractivity contribution in [2.24, 2.45) is 18.1 Å². The first kappa shape index (κ1) is 32.0. The zero-order valence-corrected chi connectivity index (χ0v) is 25.1. The van der Waals surface area contributed by atoms with Crippen LogP contribution in [0.4, 0.5) is 20.2 Å². The van der Waals surface area contributed by atoms with Gasteiger partial charge in [-0.2, -0.15) is 4.47 Å². The van der Waals surface area contributed by atoms with Gasteiger partial charge in [0.05, 0.1) is 12.2 Å². The molecule has 3 aromatic rings. The first-order valence-electron chi connectivity index (χ1n) is 14.2. The van der Waals surface area contributed by atoms with Gasteiger partial charge in [0.2, 0.25) is 17.1 Å². The quantitative estimate of drug-likeness (QED) is 0.299. The first-order valence-corrected chi connectivity index (χ1v) is 15.3. The van der Waals surface area contributed by atoms with Crippen molar-refractivity contribution in [1.29, 1.82) is 0 Å². The monoisotopic (exact) mass is 609 g/mol. The molecule has 0 spiro atoms. The number of hydrogen-bond acceptors (Lipinski definition) is 4. The number of carbonyl (C=O) groups excluding carboxylic acids is 1. The molecule has 0 fully saturated rings. The van der Waals surface area contributed by atoms with Crippen molar-refractivity contribution in [1.82, 2.24) is 9.55 Å². The molecule has 8 nitrogen and oxygen atoms in total. The predicted octanol–water partition coefficient (Wildman–Crippen LogP) is 6.16. The summed E-state index contributed by atoms with van der Waals surface area (Å²) in [5.41, 5.74) is 4.73. The van der Waals surface area contributed by atoms with E-state index in [-0.39, 0.29) is 27.8 Å². The van der Waals surface area contributed by atoms with Crippen LogP contribution in [0.1, 0.15) is 49.6 Å². The summed E-state index contributed by atoms with van der Waals surface area (Å²) in [5, 5.41) is 13.8. The maximum absolute atomic E-state index is 13.5. The molecule has 0 radical (unpaired) electrons. The molecule has 1 unspecified atom stereocenters. The molecule has 0 bridgehead atoms. The fourth-order valence-electron chi connectivity index (χ4n) is 5.08. The number of halogens is 2. The Bertz CT molecular complexity index is 1550. The molecule has 1 aromatic heterocycles. The average Bonchev–Trinajstić information content (AvgIpc) is 3.27. The molecule has 1 heterocycles. The average molecular weight is 610 g/mol. The van der Waals surface area contributed by atoms with Crippen molar-refractivity contribution in [3.05, 3.63) is 113 Å². The van der Waals surface area contributed by atoms with E-state index in [1.807, 2.05) is 35.7 Å². The first-order chi connectivity index (χ1) is 20.6. The number of nitrogens with zero attached hydrogens (tertiary/aromatic N) is 4. The van der Waals surface area contributed by atoms with E-state index in [4.69, 9.17) is 10.3 Å². The Morgan fingerprint density at radius 1 is 1.09 bits per heavy atom. The van der Waals surface area contributed by atoms with Crippen LogP contribution in [0.5, 0.6) is 0 Å². The highest BCUT2D eigenvalue weighted by atomic mass is 32.2. The van der Waals surface area contributed by atoms with Crippen LogP contribution in [0.25, 0.3) is 0 Å². The topological polar surface area (TPSA) is 105 Å². The molecule has 0 saturated heterocycles. The van der Waals surface area contributed by atoms with Crippen molar-refractivity contribution in [2.45, 2.75) is 52.0 Å². The van der Waals surface area contributed by atoms with E-state index in [0.29, 0.717) is 19.4 Å². The fourth-order valence-corrected chi connectivity index (χ4v) is 5.40. The lowest BCUT2D eigenvalue weighted by Crippen LogP contribution is -2.33. The molecular formula is C32H37F2N5O3S. The maximum Gasteiger partial charge on any atom is 0.228 e. The Labute approximate surface area is 253 Å². The van der Waals surface area contributed by atoms with Crippen LogP contribution in [0.2, 0.25) is 0 Å². The van der Waals surface area contributed by atoms with Crippen LogP contribution in [-0.2, 0) is 42.4 Å². The van der Waals surface area contributed by atoms with Crippen molar-refractivity contribution in [2.75, 3.05) is 9.37 Å². The van der Waals surface area contributed by atoms with E-state index >= 15 is 0 Å². The number of fused-ring (bicyclic) bond motifs is 1. The molecule has 1 amide bonds. The molecule has 228 valence electrons. The molecule has 5 rings (SSSR count). The maximum atomic E-state index is 13.5. The van der Waals surface area contributed by atoms with Gasteiger partial charge in [0, 0.05) is 37.6 Å². The van der Waals surface area contributed by atoms with Gasteiger partial charge >= 0.3 is 0 Å². The Kier molecular flexibility index (Phi) is 11.2. The van der Waals surface area contributed by atoms with Crippen LogP contribution >= 0.6 is 0 Å². The third-order valence-corrected chi connectivity index (χ3v) is 8.07. The lowest BCUT2D eigenvalue weighted by Gasteiger charge is -2.26. The summed E-state index contributed by atoms with van der Waals surface area (Å²) >= 11 is -2.05. The second kappa shape index (κ2) is 15.0. The van der Waals surface area contributed by atoms with Crippen molar-refractivity contribution in [3.63, 3.8) is 0 Å². The van der Waals surface area contributed by atoms with Gasteiger partial charge in [0.15, 0.2) is 0 Å². The van der Waals surface area contributed by atoms with Crippen molar-refractivity contribution < 1.29 is 23.0 Å². The summed E-state index contributed by atoms with van der Waals surface area (Å²) in [5.74, 6) is 0.147. The third kappa shape index (κ3) is 8.79. The second-order valence-electron chi connectivity index (χ2n) is 10.6.